The molecule has 156 valence electrons. The van der Waals surface area contributed by atoms with Gasteiger partial charge in [0.15, 0.2) is 6.61 Å². The van der Waals surface area contributed by atoms with Crippen LogP contribution in [0.5, 0.6) is 0 Å². The highest BCUT2D eigenvalue weighted by molar-refractivity contribution is 7.89. The molecule has 0 unspecified atom stereocenters. The summed E-state index contributed by atoms with van der Waals surface area (Å²) in [7, 11) is -3.79. The van der Waals surface area contributed by atoms with Crippen LogP contribution in [0.3, 0.4) is 0 Å². The third kappa shape index (κ3) is 4.91. The van der Waals surface area contributed by atoms with E-state index in [1.807, 2.05) is 34.6 Å². The van der Waals surface area contributed by atoms with E-state index >= 15 is 0 Å². The molecule has 0 aliphatic carbocycles. The standard InChI is InChI=1S/C20H30N2O5S/c1-14(2)22(15(3)4)19(23)13-27-20(24)18-7-6-12-21(18)28(25,26)17-10-8-16(5)9-11-17/h8-11,14-15,18H,6-7,12-13H2,1-5H3/t18-/m0/s1. The lowest BCUT2D eigenvalue weighted by molar-refractivity contribution is -0.156. The zero-order valence-corrected chi connectivity index (χ0v) is 18.0. The molecule has 1 atom stereocenters. The molecule has 0 aromatic heterocycles. The fraction of sp³-hybridized carbons (Fsp3) is 0.600. The van der Waals surface area contributed by atoms with Crippen LogP contribution >= 0.6 is 0 Å². The number of rotatable bonds is 7. The van der Waals surface area contributed by atoms with Gasteiger partial charge in [0.25, 0.3) is 5.91 Å². The molecule has 1 aromatic rings. The van der Waals surface area contributed by atoms with E-state index in [1.165, 1.54) is 16.4 Å². The Bertz CT molecular complexity index is 794. The molecule has 1 aliphatic rings. The average Bonchev–Trinajstić information content (AvgIpc) is 3.10. The second kappa shape index (κ2) is 9.05. The van der Waals surface area contributed by atoms with Crippen LogP contribution in [0.4, 0.5) is 0 Å². The molecule has 1 aliphatic heterocycles. The van der Waals surface area contributed by atoms with Crippen LogP contribution < -0.4 is 0 Å². The van der Waals surface area contributed by atoms with Crippen molar-refractivity contribution in [2.45, 2.75) is 70.5 Å². The maximum absolute atomic E-state index is 12.9. The second-order valence-electron chi connectivity index (χ2n) is 7.68. The zero-order chi connectivity index (χ0) is 21.1. The third-order valence-corrected chi connectivity index (χ3v) is 6.76. The zero-order valence-electron chi connectivity index (χ0n) is 17.2. The summed E-state index contributed by atoms with van der Waals surface area (Å²) in [4.78, 5) is 26.7. The van der Waals surface area contributed by atoms with Gasteiger partial charge >= 0.3 is 5.97 Å². The van der Waals surface area contributed by atoms with Crippen molar-refractivity contribution in [3.8, 4) is 0 Å². The Hall–Kier alpha value is -1.93. The lowest BCUT2D eigenvalue weighted by Gasteiger charge is -2.30. The summed E-state index contributed by atoms with van der Waals surface area (Å²) >= 11 is 0. The lowest BCUT2D eigenvalue weighted by Crippen LogP contribution is -2.46. The van der Waals surface area contributed by atoms with Crippen molar-refractivity contribution in [3.63, 3.8) is 0 Å². The van der Waals surface area contributed by atoms with E-state index in [1.54, 1.807) is 17.0 Å². The van der Waals surface area contributed by atoms with Crippen molar-refractivity contribution in [2.75, 3.05) is 13.2 Å². The quantitative estimate of drug-likeness (QED) is 0.644. The maximum atomic E-state index is 12.9. The third-order valence-electron chi connectivity index (χ3n) is 4.84. The molecular weight excluding hydrogens is 380 g/mol. The van der Waals surface area contributed by atoms with Crippen molar-refractivity contribution in [2.24, 2.45) is 0 Å². The molecular formula is C20H30N2O5S. The fourth-order valence-corrected chi connectivity index (χ4v) is 5.23. The molecule has 0 bridgehead atoms. The molecule has 1 amide bonds. The largest absolute Gasteiger partial charge is 0.454 e. The number of nitrogens with zero attached hydrogens (tertiary/aromatic N) is 2. The Balaban J connectivity index is 2.08. The molecule has 1 fully saturated rings. The second-order valence-corrected chi connectivity index (χ2v) is 9.57. The summed E-state index contributed by atoms with van der Waals surface area (Å²) in [5.74, 6) is -0.960. The highest BCUT2D eigenvalue weighted by atomic mass is 32.2. The molecule has 1 heterocycles. The van der Waals surface area contributed by atoms with Crippen LogP contribution in [0.1, 0.15) is 46.1 Å². The molecule has 0 saturated carbocycles. The molecule has 28 heavy (non-hydrogen) atoms. The van der Waals surface area contributed by atoms with E-state index in [-0.39, 0.29) is 36.0 Å². The summed E-state index contributed by atoms with van der Waals surface area (Å²) in [6.45, 7) is 9.33. The van der Waals surface area contributed by atoms with Crippen LogP contribution in [0.15, 0.2) is 29.2 Å². The summed E-state index contributed by atoms with van der Waals surface area (Å²) in [6.07, 6.45) is 0.957. The number of ether oxygens (including phenoxy) is 1. The van der Waals surface area contributed by atoms with Gasteiger partial charge < -0.3 is 9.64 Å². The maximum Gasteiger partial charge on any atom is 0.324 e. The summed E-state index contributed by atoms with van der Waals surface area (Å²) < 4.78 is 32.3. The molecule has 0 spiro atoms. The number of carbonyl (C=O) groups excluding carboxylic acids is 2. The van der Waals surface area contributed by atoms with E-state index < -0.39 is 22.0 Å². The molecule has 0 N–H and O–H groups in total. The Morgan fingerprint density at radius 3 is 2.25 bits per heavy atom. The first-order chi connectivity index (χ1) is 13.1. The minimum Gasteiger partial charge on any atom is -0.454 e. The van der Waals surface area contributed by atoms with Crippen molar-refractivity contribution in [3.05, 3.63) is 29.8 Å². The van der Waals surface area contributed by atoms with Gasteiger partial charge in [-0.1, -0.05) is 17.7 Å². The smallest absolute Gasteiger partial charge is 0.324 e. The van der Waals surface area contributed by atoms with Crippen molar-refractivity contribution in [1.82, 2.24) is 9.21 Å². The van der Waals surface area contributed by atoms with E-state index in [0.29, 0.717) is 12.8 Å². The highest BCUT2D eigenvalue weighted by Gasteiger charge is 2.40. The first kappa shape index (κ1) is 22.4. The van der Waals surface area contributed by atoms with Gasteiger partial charge in [0.2, 0.25) is 10.0 Å². The number of sulfonamides is 1. The SMILES string of the molecule is Cc1ccc(S(=O)(=O)N2CCC[C@H]2C(=O)OCC(=O)N(C(C)C)C(C)C)cc1. The summed E-state index contributed by atoms with van der Waals surface area (Å²) in [5.41, 5.74) is 0.953. The number of hydrogen-bond acceptors (Lipinski definition) is 5. The van der Waals surface area contributed by atoms with E-state index in [0.717, 1.165) is 5.56 Å². The predicted molar refractivity (Wildman–Crippen MR) is 106 cm³/mol. The number of amides is 1. The number of carbonyl (C=O) groups is 2. The molecule has 8 heteroatoms. The Labute approximate surface area is 167 Å². The van der Waals surface area contributed by atoms with Gasteiger partial charge in [-0.15, -0.1) is 0 Å². The van der Waals surface area contributed by atoms with Crippen LogP contribution in [0, 0.1) is 6.92 Å². The number of esters is 1. The van der Waals surface area contributed by atoms with E-state index in [9.17, 15) is 18.0 Å². The number of hydrogen-bond donors (Lipinski definition) is 0. The van der Waals surface area contributed by atoms with Gasteiger partial charge in [-0.05, 0) is 59.6 Å². The van der Waals surface area contributed by atoms with Crippen molar-refractivity contribution < 1.29 is 22.7 Å². The Morgan fingerprint density at radius 1 is 1.14 bits per heavy atom. The van der Waals surface area contributed by atoms with Gasteiger partial charge in [0.1, 0.15) is 6.04 Å². The van der Waals surface area contributed by atoms with Crippen molar-refractivity contribution in [1.29, 1.82) is 0 Å². The number of aryl methyl sites for hydroxylation is 1. The normalized spacial score (nSPS) is 17.9. The minimum absolute atomic E-state index is 0.0175. The monoisotopic (exact) mass is 410 g/mol. The molecule has 2 rings (SSSR count). The lowest BCUT2D eigenvalue weighted by atomic mass is 10.2. The Morgan fingerprint density at radius 2 is 1.71 bits per heavy atom. The highest BCUT2D eigenvalue weighted by Crippen LogP contribution is 2.27. The topological polar surface area (TPSA) is 84.0 Å². The van der Waals surface area contributed by atoms with Gasteiger partial charge in [0.05, 0.1) is 4.90 Å². The summed E-state index contributed by atoms with van der Waals surface area (Å²) in [5, 5.41) is 0. The van der Waals surface area contributed by atoms with Gasteiger partial charge in [-0.3, -0.25) is 9.59 Å². The molecule has 1 saturated heterocycles. The van der Waals surface area contributed by atoms with Crippen LogP contribution in [-0.2, 0) is 24.3 Å². The molecule has 1 aromatic carbocycles. The minimum atomic E-state index is -3.79. The average molecular weight is 411 g/mol. The molecule has 7 nitrogen and oxygen atoms in total. The predicted octanol–water partition coefficient (Wildman–Crippen LogP) is 2.34. The van der Waals surface area contributed by atoms with Crippen LogP contribution in [0.2, 0.25) is 0 Å². The van der Waals surface area contributed by atoms with E-state index in [2.05, 4.69) is 0 Å². The summed E-state index contributed by atoms with van der Waals surface area (Å²) in [6, 6.07) is 5.59. The van der Waals surface area contributed by atoms with Gasteiger partial charge in [0, 0.05) is 18.6 Å². The van der Waals surface area contributed by atoms with Gasteiger partial charge in [-0.2, -0.15) is 4.31 Å². The van der Waals surface area contributed by atoms with Crippen LogP contribution in [0.25, 0.3) is 0 Å². The Kier molecular flexibility index (Phi) is 7.22. The van der Waals surface area contributed by atoms with E-state index in [4.69, 9.17) is 4.74 Å². The fourth-order valence-electron chi connectivity index (χ4n) is 3.58. The molecule has 0 radical (unpaired) electrons. The van der Waals surface area contributed by atoms with Gasteiger partial charge in [-0.25, -0.2) is 8.42 Å². The number of benzene rings is 1. The van der Waals surface area contributed by atoms with Crippen molar-refractivity contribution >= 4 is 21.9 Å². The first-order valence-electron chi connectivity index (χ1n) is 9.62. The van der Waals surface area contributed by atoms with Crippen LogP contribution in [-0.4, -0.2) is 60.8 Å². The first-order valence-corrected chi connectivity index (χ1v) is 11.1.